The lowest BCUT2D eigenvalue weighted by atomic mass is 10.1. The van der Waals surface area contributed by atoms with E-state index in [4.69, 9.17) is 0 Å². The number of hydrogen-bond acceptors (Lipinski definition) is 0. The molecule has 0 saturated heterocycles. The summed E-state index contributed by atoms with van der Waals surface area (Å²) >= 11 is 2.43. The van der Waals surface area contributed by atoms with Gasteiger partial charge in [0, 0.05) is 27.2 Å². The molecule has 0 amide bonds. The minimum absolute atomic E-state index is 1.08. The van der Waals surface area contributed by atoms with Crippen LogP contribution in [0.25, 0.3) is 49.3 Å². The Morgan fingerprint density at radius 2 is 1.37 bits per heavy atom. The second kappa shape index (κ2) is 5.73. The van der Waals surface area contributed by atoms with Crippen LogP contribution in [0.5, 0.6) is 0 Å². The highest BCUT2D eigenvalue weighted by Gasteiger charge is 2.19. The molecule has 0 aliphatic heterocycles. The van der Waals surface area contributed by atoms with Crippen molar-refractivity contribution in [3.05, 3.63) is 78.9 Å². The normalized spacial score (nSPS) is 14.6. The second-order valence-electron chi connectivity index (χ2n) is 7.13. The Balaban J connectivity index is 1.90. The van der Waals surface area contributed by atoms with E-state index in [1.165, 1.54) is 49.3 Å². The number of hydrogen-bond donors (Lipinski definition) is 0. The van der Waals surface area contributed by atoms with Gasteiger partial charge in [0.1, 0.15) is 0 Å². The minimum Gasteiger partial charge on any atom is -0.313 e. The molecular weight excluding hydrogens is 443 g/mol. The first-order valence-corrected chi connectivity index (χ1v) is 10.3. The van der Waals surface area contributed by atoms with Crippen molar-refractivity contribution < 1.29 is 0 Å². The van der Waals surface area contributed by atoms with Gasteiger partial charge in [0.05, 0.1) is 44.9 Å². The highest BCUT2D eigenvalue weighted by atomic mass is 127. The summed E-state index contributed by atoms with van der Waals surface area (Å²) in [6.07, 6.45) is 8.89. The monoisotopic (exact) mass is 460 g/mol. The van der Waals surface area contributed by atoms with Gasteiger partial charge in [-0.25, -0.2) is 0 Å². The summed E-state index contributed by atoms with van der Waals surface area (Å²) < 4.78 is 4.75. The lowest BCUT2D eigenvalue weighted by Gasteiger charge is -2.13. The topological polar surface area (TPSA) is 9.86 Å². The van der Waals surface area contributed by atoms with Gasteiger partial charge >= 0.3 is 0 Å². The van der Waals surface area contributed by atoms with Gasteiger partial charge < -0.3 is 4.57 Å². The molecule has 2 nitrogen and oxygen atoms in total. The molecule has 27 heavy (non-hydrogen) atoms. The molecule has 2 heterocycles. The zero-order valence-electron chi connectivity index (χ0n) is 14.7. The lowest BCUT2D eigenvalue weighted by molar-refractivity contribution is 0.979. The average Bonchev–Trinajstić information content (AvgIpc) is 3.22. The van der Waals surface area contributed by atoms with E-state index in [0.29, 0.717) is 0 Å². The number of allylic oxidation sites excluding steroid dienone is 4. The number of para-hydroxylation sites is 2. The molecule has 1 aliphatic rings. The van der Waals surface area contributed by atoms with E-state index in [2.05, 4.69) is 109 Å². The number of fused-ring (bicyclic) bond motifs is 7. The maximum atomic E-state index is 2.47. The van der Waals surface area contributed by atoms with Crippen LogP contribution in [0.4, 0.5) is 0 Å². The molecule has 0 atom stereocenters. The van der Waals surface area contributed by atoms with Crippen LogP contribution in [0.1, 0.15) is 12.8 Å². The molecular formula is C24H17IN2. The van der Waals surface area contributed by atoms with Crippen molar-refractivity contribution in [2.45, 2.75) is 12.8 Å². The second-order valence-corrected chi connectivity index (χ2v) is 8.09. The number of halogens is 1. The smallest absolute Gasteiger partial charge is 0.0646 e. The summed E-state index contributed by atoms with van der Waals surface area (Å²) in [4.78, 5) is 0. The summed E-state index contributed by atoms with van der Waals surface area (Å²) in [6, 6.07) is 22.1. The SMILES string of the molecule is In1c2ccccc2c2c3c4ccccc4n(C4=CC=CCC4)c3ccc21. The van der Waals surface area contributed by atoms with Gasteiger partial charge in [0.2, 0.25) is 0 Å². The van der Waals surface area contributed by atoms with Crippen LogP contribution < -0.4 is 0 Å². The lowest BCUT2D eigenvalue weighted by Crippen LogP contribution is -1.98. The van der Waals surface area contributed by atoms with E-state index in [9.17, 15) is 0 Å². The standard InChI is InChI=1S/C24H17IN2/c25-27-20-13-7-5-11-18(20)24-22(27)15-14-21-23(24)17-10-4-6-12-19(17)26(21)16-8-2-1-3-9-16/h1-2,4-8,10-15H,3,9H2. The van der Waals surface area contributed by atoms with E-state index in [1.807, 2.05) is 0 Å². The Morgan fingerprint density at radius 1 is 0.704 bits per heavy atom. The summed E-state index contributed by atoms with van der Waals surface area (Å²) in [6.45, 7) is 0. The van der Waals surface area contributed by atoms with Crippen LogP contribution >= 0.6 is 22.9 Å². The van der Waals surface area contributed by atoms with Gasteiger partial charge in [0.25, 0.3) is 0 Å². The molecule has 0 unspecified atom stereocenters. The highest BCUT2D eigenvalue weighted by molar-refractivity contribution is 14.1. The average molecular weight is 460 g/mol. The molecule has 0 spiro atoms. The summed E-state index contributed by atoms with van der Waals surface area (Å²) in [5.41, 5.74) is 6.54. The number of nitrogens with zero attached hydrogens (tertiary/aromatic N) is 2. The quantitative estimate of drug-likeness (QED) is 0.233. The van der Waals surface area contributed by atoms with Gasteiger partial charge in [-0.3, -0.25) is 2.78 Å². The van der Waals surface area contributed by atoms with Crippen molar-refractivity contribution in [2.24, 2.45) is 0 Å². The Labute approximate surface area is 170 Å². The molecule has 0 saturated carbocycles. The molecule has 130 valence electrons. The van der Waals surface area contributed by atoms with Gasteiger partial charge in [0.15, 0.2) is 0 Å². The molecule has 2 aromatic heterocycles. The summed E-state index contributed by atoms with van der Waals surface area (Å²) in [7, 11) is 0. The number of aromatic nitrogens is 2. The fraction of sp³-hybridized carbons (Fsp3) is 0.0833. The van der Waals surface area contributed by atoms with E-state index >= 15 is 0 Å². The van der Waals surface area contributed by atoms with Gasteiger partial charge in [-0.2, -0.15) is 0 Å². The minimum atomic E-state index is 1.08. The van der Waals surface area contributed by atoms with Crippen molar-refractivity contribution in [3.8, 4) is 0 Å². The van der Waals surface area contributed by atoms with Gasteiger partial charge in [-0.05, 0) is 43.2 Å². The third-order valence-corrected chi connectivity index (χ3v) is 6.73. The van der Waals surface area contributed by atoms with Crippen molar-refractivity contribution in [1.29, 1.82) is 0 Å². The van der Waals surface area contributed by atoms with Crippen molar-refractivity contribution in [3.63, 3.8) is 0 Å². The molecule has 0 bridgehead atoms. The number of rotatable bonds is 1. The maximum absolute atomic E-state index is 2.47. The largest absolute Gasteiger partial charge is 0.313 e. The van der Waals surface area contributed by atoms with Crippen LogP contribution in [0.15, 0.2) is 78.9 Å². The fourth-order valence-corrected chi connectivity index (χ4v) is 5.38. The summed E-state index contributed by atoms with van der Waals surface area (Å²) in [5, 5.41) is 5.39. The Morgan fingerprint density at radius 3 is 2.15 bits per heavy atom. The molecule has 3 heteroatoms. The predicted octanol–water partition coefficient (Wildman–Crippen LogP) is 7.29. The van der Waals surface area contributed by atoms with Gasteiger partial charge in [-0.1, -0.05) is 48.6 Å². The molecule has 0 N–H and O–H groups in total. The molecule has 3 aromatic carbocycles. The van der Waals surface area contributed by atoms with Gasteiger partial charge in [-0.15, -0.1) is 0 Å². The molecule has 1 aliphatic carbocycles. The predicted molar refractivity (Wildman–Crippen MR) is 125 cm³/mol. The first-order chi connectivity index (χ1) is 13.3. The Kier molecular flexibility index (Phi) is 3.29. The van der Waals surface area contributed by atoms with Crippen LogP contribution in [0.3, 0.4) is 0 Å². The maximum Gasteiger partial charge on any atom is 0.0646 e. The Hall–Kier alpha value is -2.53. The fourth-order valence-electron chi connectivity index (χ4n) is 4.56. The van der Waals surface area contributed by atoms with E-state index in [1.54, 1.807) is 0 Å². The third kappa shape index (κ3) is 2.06. The van der Waals surface area contributed by atoms with E-state index in [-0.39, 0.29) is 0 Å². The third-order valence-electron chi connectivity index (χ3n) is 5.69. The van der Waals surface area contributed by atoms with E-state index in [0.717, 1.165) is 12.8 Å². The Bertz CT molecular complexity index is 1430. The van der Waals surface area contributed by atoms with Crippen LogP contribution in [-0.2, 0) is 0 Å². The van der Waals surface area contributed by atoms with E-state index < -0.39 is 0 Å². The first kappa shape index (κ1) is 15.5. The van der Waals surface area contributed by atoms with Crippen molar-refractivity contribution in [1.82, 2.24) is 7.35 Å². The van der Waals surface area contributed by atoms with Crippen LogP contribution in [0.2, 0.25) is 0 Å². The van der Waals surface area contributed by atoms with Crippen molar-refractivity contribution >= 4 is 72.2 Å². The van der Waals surface area contributed by atoms with Crippen molar-refractivity contribution in [2.75, 3.05) is 0 Å². The zero-order valence-corrected chi connectivity index (χ0v) is 16.8. The molecule has 0 radical (unpaired) electrons. The van der Waals surface area contributed by atoms with Crippen LogP contribution in [-0.4, -0.2) is 7.35 Å². The summed E-state index contributed by atoms with van der Waals surface area (Å²) in [5.74, 6) is 0. The van der Waals surface area contributed by atoms with Crippen LogP contribution in [0, 0.1) is 0 Å². The molecule has 5 aromatic rings. The zero-order chi connectivity index (χ0) is 18.0. The number of benzene rings is 3. The molecule has 6 rings (SSSR count). The first-order valence-electron chi connectivity index (χ1n) is 9.32. The highest BCUT2D eigenvalue weighted by Crippen LogP contribution is 2.42. The molecule has 0 fully saturated rings.